The first-order valence-electron chi connectivity index (χ1n) is 6.55. The smallest absolute Gasteiger partial charge is 0.247 e. The predicted molar refractivity (Wildman–Crippen MR) is 73.8 cm³/mol. The summed E-state index contributed by atoms with van der Waals surface area (Å²) in [7, 11) is -2.32. The molecule has 116 valence electrons. The standard InChI is InChI=1S/C12H18N4O4S/c1-5-9-12(18)13-10(17)6-16(9)21(19,20)11-7(2)14-15(4)8(11)3/h9H,5-6H2,1-4H3,(H,13,17,18). The summed E-state index contributed by atoms with van der Waals surface area (Å²) in [5.41, 5.74) is 0.823. The first-order chi connectivity index (χ1) is 9.70. The molecule has 1 aliphatic rings. The summed E-state index contributed by atoms with van der Waals surface area (Å²) in [5, 5.41) is 6.25. The first-order valence-corrected chi connectivity index (χ1v) is 7.99. The van der Waals surface area contributed by atoms with E-state index in [0.717, 1.165) is 4.31 Å². The second-order valence-electron chi connectivity index (χ2n) is 5.01. The number of piperazine rings is 1. The van der Waals surface area contributed by atoms with E-state index < -0.39 is 27.9 Å². The number of hydrogen-bond donors (Lipinski definition) is 1. The maximum Gasteiger partial charge on any atom is 0.247 e. The zero-order chi connectivity index (χ0) is 15.9. The lowest BCUT2D eigenvalue weighted by molar-refractivity contribution is -0.137. The molecule has 0 radical (unpaired) electrons. The van der Waals surface area contributed by atoms with Crippen molar-refractivity contribution >= 4 is 21.8 Å². The molecule has 0 aromatic carbocycles. The lowest BCUT2D eigenvalue weighted by atomic mass is 10.2. The van der Waals surface area contributed by atoms with Gasteiger partial charge in [0.15, 0.2) is 0 Å². The van der Waals surface area contributed by atoms with Crippen LogP contribution in [0.1, 0.15) is 24.7 Å². The highest BCUT2D eigenvalue weighted by Gasteiger charge is 2.42. The third kappa shape index (κ3) is 2.46. The molecule has 2 amide bonds. The van der Waals surface area contributed by atoms with Gasteiger partial charge in [0.05, 0.1) is 17.9 Å². The highest BCUT2D eigenvalue weighted by atomic mass is 32.2. The van der Waals surface area contributed by atoms with Gasteiger partial charge in [0.2, 0.25) is 21.8 Å². The highest BCUT2D eigenvalue weighted by Crippen LogP contribution is 2.26. The maximum absolute atomic E-state index is 12.8. The summed E-state index contributed by atoms with van der Waals surface area (Å²) in [6.07, 6.45) is 0.288. The Kier molecular flexibility index (Phi) is 3.89. The van der Waals surface area contributed by atoms with Crippen molar-refractivity contribution in [3.05, 3.63) is 11.4 Å². The van der Waals surface area contributed by atoms with Gasteiger partial charge in [-0.25, -0.2) is 8.42 Å². The zero-order valence-electron chi connectivity index (χ0n) is 12.4. The predicted octanol–water partition coefficient (Wildman–Crippen LogP) is -0.537. The van der Waals surface area contributed by atoms with Gasteiger partial charge < -0.3 is 0 Å². The van der Waals surface area contributed by atoms with Crippen LogP contribution in [0.25, 0.3) is 0 Å². The Bertz CT molecular complexity index is 707. The van der Waals surface area contributed by atoms with E-state index in [9.17, 15) is 18.0 Å². The SMILES string of the molecule is CCC1C(=O)NC(=O)CN1S(=O)(=O)c1c(C)nn(C)c1C. The molecule has 1 saturated heterocycles. The monoisotopic (exact) mass is 314 g/mol. The first kappa shape index (κ1) is 15.6. The normalized spacial score (nSPS) is 20.7. The number of carbonyl (C=O) groups is 2. The molecular formula is C12H18N4O4S. The van der Waals surface area contributed by atoms with Crippen molar-refractivity contribution in [3.8, 4) is 0 Å². The Morgan fingerprint density at radius 1 is 1.33 bits per heavy atom. The lowest BCUT2D eigenvalue weighted by Crippen LogP contribution is -2.59. The largest absolute Gasteiger partial charge is 0.294 e. The number of amides is 2. The average Bonchev–Trinajstić information content (AvgIpc) is 2.62. The van der Waals surface area contributed by atoms with E-state index in [1.807, 2.05) is 0 Å². The fourth-order valence-electron chi connectivity index (χ4n) is 2.53. The van der Waals surface area contributed by atoms with Crippen molar-refractivity contribution in [1.29, 1.82) is 0 Å². The molecule has 21 heavy (non-hydrogen) atoms. The van der Waals surface area contributed by atoms with E-state index in [4.69, 9.17) is 0 Å². The van der Waals surface area contributed by atoms with Crippen molar-refractivity contribution < 1.29 is 18.0 Å². The molecule has 0 saturated carbocycles. The summed E-state index contributed by atoms with van der Waals surface area (Å²) in [4.78, 5) is 23.4. The quantitative estimate of drug-likeness (QED) is 0.755. The fraction of sp³-hybridized carbons (Fsp3) is 0.583. The number of rotatable bonds is 3. The maximum atomic E-state index is 12.8. The number of carbonyl (C=O) groups excluding carboxylic acids is 2. The van der Waals surface area contributed by atoms with E-state index in [-0.39, 0.29) is 17.9 Å². The van der Waals surface area contributed by atoms with Crippen LogP contribution < -0.4 is 5.32 Å². The second-order valence-corrected chi connectivity index (χ2v) is 6.84. The molecule has 2 rings (SSSR count). The molecule has 0 aliphatic carbocycles. The summed E-state index contributed by atoms with van der Waals surface area (Å²) in [6, 6.07) is -0.883. The van der Waals surface area contributed by atoms with Gasteiger partial charge in [-0.3, -0.25) is 19.6 Å². The van der Waals surface area contributed by atoms with Gasteiger partial charge in [0.25, 0.3) is 0 Å². The molecule has 1 unspecified atom stereocenters. The summed E-state index contributed by atoms with van der Waals surface area (Å²) in [5.74, 6) is -1.20. The molecule has 9 heteroatoms. The van der Waals surface area contributed by atoms with Gasteiger partial charge in [0, 0.05) is 7.05 Å². The fourth-order valence-corrected chi connectivity index (χ4v) is 4.55. The molecule has 0 bridgehead atoms. The minimum absolute atomic E-state index is 0.0611. The third-order valence-electron chi connectivity index (χ3n) is 3.61. The minimum Gasteiger partial charge on any atom is -0.294 e. The molecule has 1 aliphatic heterocycles. The van der Waals surface area contributed by atoms with Gasteiger partial charge in [0.1, 0.15) is 10.9 Å². The Morgan fingerprint density at radius 3 is 2.43 bits per heavy atom. The topological polar surface area (TPSA) is 101 Å². The van der Waals surface area contributed by atoms with Crippen molar-refractivity contribution in [2.45, 2.75) is 38.1 Å². The van der Waals surface area contributed by atoms with Crippen LogP contribution in [0.3, 0.4) is 0 Å². The number of aryl methyl sites for hydroxylation is 2. The third-order valence-corrected chi connectivity index (χ3v) is 5.72. The molecule has 8 nitrogen and oxygen atoms in total. The van der Waals surface area contributed by atoms with Gasteiger partial charge >= 0.3 is 0 Å². The van der Waals surface area contributed by atoms with Gasteiger partial charge in [-0.05, 0) is 20.3 Å². The Morgan fingerprint density at radius 2 is 1.95 bits per heavy atom. The van der Waals surface area contributed by atoms with Crippen LogP contribution in [0.15, 0.2) is 4.90 Å². The van der Waals surface area contributed by atoms with Crippen molar-refractivity contribution in [2.75, 3.05) is 6.54 Å². The van der Waals surface area contributed by atoms with Crippen LogP contribution in [-0.2, 0) is 26.7 Å². The van der Waals surface area contributed by atoms with Crippen LogP contribution in [0.2, 0.25) is 0 Å². The number of hydrogen-bond acceptors (Lipinski definition) is 5. The second kappa shape index (κ2) is 5.23. The zero-order valence-corrected chi connectivity index (χ0v) is 13.2. The van der Waals surface area contributed by atoms with Crippen molar-refractivity contribution in [2.24, 2.45) is 7.05 Å². The molecule has 2 heterocycles. The number of sulfonamides is 1. The highest BCUT2D eigenvalue weighted by molar-refractivity contribution is 7.89. The van der Waals surface area contributed by atoms with Gasteiger partial charge in [-0.2, -0.15) is 9.40 Å². The molecule has 1 fully saturated rings. The number of imide groups is 1. The number of aromatic nitrogens is 2. The number of nitrogens with zero attached hydrogens (tertiary/aromatic N) is 3. The summed E-state index contributed by atoms with van der Waals surface area (Å²) >= 11 is 0. The molecule has 1 aromatic heterocycles. The van der Waals surface area contributed by atoms with Crippen molar-refractivity contribution in [1.82, 2.24) is 19.4 Å². The number of nitrogens with one attached hydrogen (secondary N) is 1. The molecule has 1 aromatic rings. The van der Waals surface area contributed by atoms with Crippen LogP contribution in [-0.4, -0.2) is 46.9 Å². The van der Waals surface area contributed by atoms with E-state index in [1.54, 1.807) is 27.8 Å². The Labute approximate surface area is 123 Å². The minimum atomic E-state index is -3.96. The molecule has 0 spiro atoms. The van der Waals surface area contributed by atoms with Crippen LogP contribution >= 0.6 is 0 Å². The molecule has 1 atom stereocenters. The Hall–Kier alpha value is -1.74. The average molecular weight is 314 g/mol. The Balaban J connectivity index is 2.56. The molecule has 1 N–H and O–H groups in total. The lowest BCUT2D eigenvalue weighted by Gasteiger charge is -2.32. The van der Waals surface area contributed by atoms with Gasteiger partial charge in [-0.1, -0.05) is 6.92 Å². The van der Waals surface area contributed by atoms with E-state index >= 15 is 0 Å². The van der Waals surface area contributed by atoms with E-state index in [2.05, 4.69) is 10.4 Å². The van der Waals surface area contributed by atoms with Gasteiger partial charge in [-0.15, -0.1) is 0 Å². The van der Waals surface area contributed by atoms with Crippen LogP contribution in [0.4, 0.5) is 0 Å². The van der Waals surface area contributed by atoms with E-state index in [0.29, 0.717) is 11.4 Å². The molecular weight excluding hydrogens is 296 g/mol. The summed E-state index contributed by atoms with van der Waals surface area (Å²) < 4.78 is 28.1. The van der Waals surface area contributed by atoms with Crippen LogP contribution in [0.5, 0.6) is 0 Å². The van der Waals surface area contributed by atoms with Crippen LogP contribution in [0, 0.1) is 13.8 Å². The van der Waals surface area contributed by atoms with Crippen molar-refractivity contribution in [3.63, 3.8) is 0 Å². The van der Waals surface area contributed by atoms with E-state index in [1.165, 1.54) is 4.68 Å². The summed E-state index contributed by atoms with van der Waals surface area (Å²) in [6.45, 7) is 4.57.